The summed E-state index contributed by atoms with van der Waals surface area (Å²) in [6.45, 7) is 2.64. The maximum Gasteiger partial charge on any atom is 0.161 e. The summed E-state index contributed by atoms with van der Waals surface area (Å²) in [6.07, 6.45) is 7.13. The van der Waals surface area contributed by atoms with Crippen LogP contribution in [0.3, 0.4) is 0 Å². The molecule has 1 aromatic carbocycles. The van der Waals surface area contributed by atoms with Crippen LogP contribution >= 0.6 is 11.6 Å². The monoisotopic (exact) mass is 380 g/mol. The quantitative estimate of drug-likeness (QED) is 0.818. The van der Waals surface area contributed by atoms with E-state index in [0.717, 1.165) is 37.4 Å². The lowest BCUT2D eigenvalue weighted by atomic mass is 9.94. The van der Waals surface area contributed by atoms with Crippen LogP contribution in [-0.4, -0.2) is 22.5 Å². The minimum Gasteiger partial charge on any atom is -0.367 e. The van der Waals surface area contributed by atoms with Gasteiger partial charge in [-0.05, 0) is 30.4 Å². The first kappa shape index (κ1) is 18.3. The molecule has 5 heteroatoms. The van der Waals surface area contributed by atoms with Crippen molar-refractivity contribution in [2.45, 2.75) is 57.7 Å². The van der Waals surface area contributed by atoms with Gasteiger partial charge in [-0.1, -0.05) is 61.2 Å². The van der Waals surface area contributed by atoms with Gasteiger partial charge in [0.15, 0.2) is 5.69 Å². The van der Waals surface area contributed by atoms with Crippen molar-refractivity contribution in [1.29, 1.82) is 5.26 Å². The second-order valence-corrected chi connectivity index (χ2v) is 8.00. The van der Waals surface area contributed by atoms with Gasteiger partial charge in [0, 0.05) is 31.2 Å². The maximum atomic E-state index is 9.51. The van der Waals surface area contributed by atoms with Crippen LogP contribution in [-0.2, 0) is 19.5 Å². The largest absolute Gasteiger partial charge is 0.367 e. The number of hydrogen-bond donors (Lipinski definition) is 1. The Bertz CT molecular complexity index is 838. The first-order valence-electron chi connectivity index (χ1n) is 9.89. The normalized spacial score (nSPS) is 17.9. The number of pyridine rings is 1. The number of nitriles is 1. The third-order valence-corrected chi connectivity index (χ3v) is 6.11. The number of fused-ring (bicyclic) bond motifs is 1. The Morgan fingerprint density at radius 2 is 1.93 bits per heavy atom. The highest BCUT2D eigenvalue weighted by molar-refractivity contribution is 6.32. The molecule has 1 aliphatic carbocycles. The van der Waals surface area contributed by atoms with Crippen molar-refractivity contribution in [3.8, 4) is 6.07 Å². The molecule has 27 heavy (non-hydrogen) atoms. The van der Waals surface area contributed by atoms with Crippen molar-refractivity contribution >= 4 is 17.4 Å². The highest BCUT2D eigenvalue weighted by atomic mass is 35.5. The Labute approximate surface area is 166 Å². The molecule has 1 N–H and O–H groups in total. The lowest BCUT2D eigenvalue weighted by Gasteiger charge is -2.32. The van der Waals surface area contributed by atoms with Crippen molar-refractivity contribution in [3.63, 3.8) is 0 Å². The molecule has 4 nitrogen and oxygen atoms in total. The van der Waals surface area contributed by atoms with E-state index in [4.69, 9.17) is 11.6 Å². The molecule has 1 saturated carbocycles. The minimum atomic E-state index is 0.343. The molecule has 0 spiro atoms. The Morgan fingerprint density at radius 1 is 1.15 bits per heavy atom. The zero-order valence-corrected chi connectivity index (χ0v) is 16.3. The fraction of sp³-hybridized carbons (Fsp3) is 0.455. The summed E-state index contributed by atoms with van der Waals surface area (Å²) < 4.78 is 0. The van der Waals surface area contributed by atoms with Crippen molar-refractivity contribution < 1.29 is 0 Å². The Balaban J connectivity index is 1.59. The highest BCUT2D eigenvalue weighted by Crippen LogP contribution is 2.34. The van der Waals surface area contributed by atoms with E-state index in [1.54, 1.807) is 0 Å². The van der Waals surface area contributed by atoms with Crippen LogP contribution in [0.15, 0.2) is 30.3 Å². The van der Waals surface area contributed by atoms with Gasteiger partial charge in [-0.2, -0.15) is 5.26 Å². The van der Waals surface area contributed by atoms with Crippen LogP contribution < -0.4 is 5.32 Å². The lowest BCUT2D eigenvalue weighted by molar-refractivity contribution is 0.245. The molecule has 1 aromatic heterocycles. The van der Waals surface area contributed by atoms with E-state index >= 15 is 0 Å². The van der Waals surface area contributed by atoms with Crippen LogP contribution in [0.4, 0.5) is 5.82 Å². The number of aromatic nitrogens is 1. The summed E-state index contributed by atoms with van der Waals surface area (Å²) in [4.78, 5) is 6.98. The smallest absolute Gasteiger partial charge is 0.161 e. The van der Waals surface area contributed by atoms with Gasteiger partial charge in [0.05, 0.1) is 5.02 Å². The fourth-order valence-electron chi connectivity index (χ4n) is 4.26. The summed E-state index contributed by atoms with van der Waals surface area (Å²) in [7, 11) is 0. The third kappa shape index (κ3) is 4.10. The molecule has 0 amide bonds. The maximum absolute atomic E-state index is 9.51. The molecule has 0 saturated heterocycles. The summed E-state index contributed by atoms with van der Waals surface area (Å²) >= 11 is 6.57. The molecule has 4 rings (SSSR count). The van der Waals surface area contributed by atoms with Crippen LogP contribution in [0.1, 0.15) is 54.5 Å². The van der Waals surface area contributed by atoms with Gasteiger partial charge >= 0.3 is 0 Å². The number of rotatable bonds is 4. The molecular formula is C22H25ClN4. The van der Waals surface area contributed by atoms with Crippen LogP contribution in [0.25, 0.3) is 0 Å². The number of benzene rings is 1. The van der Waals surface area contributed by atoms with E-state index in [0.29, 0.717) is 16.8 Å². The van der Waals surface area contributed by atoms with Crippen LogP contribution in [0, 0.1) is 11.3 Å². The van der Waals surface area contributed by atoms with E-state index < -0.39 is 0 Å². The van der Waals surface area contributed by atoms with Crippen molar-refractivity contribution in [2.75, 3.05) is 11.9 Å². The van der Waals surface area contributed by atoms with Gasteiger partial charge in [0.1, 0.15) is 11.9 Å². The fourth-order valence-corrected chi connectivity index (χ4v) is 4.52. The predicted molar refractivity (Wildman–Crippen MR) is 109 cm³/mol. The molecule has 0 bridgehead atoms. The van der Waals surface area contributed by atoms with Gasteiger partial charge in [-0.15, -0.1) is 0 Å². The minimum absolute atomic E-state index is 0.343. The Morgan fingerprint density at radius 3 is 2.67 bits per heavy atom. The molecule has 2 aromatic rings. The first-order valence-corrected chi connectivity index (χ1v) is 10.3. The van der Waals surface area contributed by atoms with E-state index in [2.05, 4.69) is 45.5 Å². The number of halogens is 1. The van der Waals surface area contributed by atoms with Gasteiger partial charge in [0.2, 0.25) is 0 Å². The average molecular weight is 381 g/mol. The van der Waals surface area contributed by atoms with Crippen molar-refractivity contribution in [1.82, 2.24) is 9.88 Å². The highest BCUT2D eigenvalue weighted by Gasteiger charge is 2.26. The van der Waals surface area contributed by atoms with Gasteiger partial charge in [0.25, 0.3) is 0 Å². The summed E-state index contributed by atoms with van der Waals surface area (Å²) in [5.74, 6) is 0.886. The SMILES string of the molecule is N#Cc1nc(NC2CCCCC2)c2c(c1Cl)CN(Cc1ccccc1)CC2. The van der Waals surface area contributed by atoms with Gasteiger partial charge in [-0.25, -0.2) is 4.98 Å². The zero-order chi connectivity index (χ0) is 18.6. The molecule has 0 unspecified atom stereocenters. The second kappa shape index (κ2) is 8.29. The van der Waals surface area contributed by atoms with Gasteiger partial charge < -0.3 is 5.32 Å². The molecule has 1 aliphatic heterocycles. The zero-order valence-electron chi connectivity index (χ0n) is 15.5. The number of nitrogens with one attached hydrogen (secondary N) is 1. The number of hydrogen-bond acceptors (Lipinski definition) is 4. The molecule has 0 atom stereocenters. The standard InChI is InChI=1S/C22H25ClN4/c23-21-19-15-27(14-16-7-3-1-4-8-16)12-11-18(19)22(26-20(21)13-24)25-17-9-5-2-6-10-17/h1,3-4,7-8,17H,2,5-6,9-12,14-15H2,(H,25,26). The topological polar surface area (TPSA) is 52.0 Å². The molecule has 1 fully saturated rings. The van der Waals surface area contributed by atoms with Crippen molar-refractivity contribution in [2.24, 2.45) is 0 Å². The van der Waals surface area contributed by atoms with E-state index in [9.17, 15) is 5.26 Å². The van der Waals surface area contributed by atoms with E-state index in [1.165, 1.54) is 43.2 Å². The average Bonchev–Trinajstić information content (AvgIpc) is 2.72. The molecule has 2 heterocycles. The summed E-state index contributed by atoms with van der Waals surface area (Å²) in [5, 5.41) is 13.7. The Hall–Kier alpha value is -2.09. The molecule has 140 valence electrons. The third-order valence-electron chi connectivity index (χ3n) is 5.71. The predicted octanol–water partition coefficient (Wildman–Crippen LogP) is 4.91. The van der Waals surface area contributed by atoms with Crippen molar-refractivity contribution in [3.05, 3.63) is 57.7 Å². The number of nitrogens with zero attached hydrogens (tertiary/aromatic N) is 3. The van der Waals surface area contributed by atoms with Gasteiger partial charge in [-0.3, -0.25) is 4.90 Å². The number of anilines is 1. The van der Waals surface area contributed by atoms with E-state index in [-0.39, 0.29) is 0 Å². The van der Waals surface area contributed by atoms with E-state index in [1.807, 2.05) is 6.07 Å². The summed E-state index contributed by atoms with van der Waals surface area (Å²) in [6, 6.07) is 13.1. The molecule has 2 aliphatic rings. The second-order valence-electron chi connectivity index (χ2n) is 7.62. The summed E-state index contributed by atoms with van der Waals surface area (Å²) in [5.41, 5.74) is 3.92. The van der Waals surface area contributed by atoms with Crippen LogP contribution in [0.5, 0.6) is 0 Å². The lowest BCUT2D eigenvalue weighted by Crippen LogP contribution is -2.32. The molecule has 0 radical (unpaired) electrons. The Kier molecular flexibility index (Phi) is 5.61. The van der Waals surface area contributed by atoms with Crippen LogP contribution in [0.2, 0.25) is 5.02 Å². The first-order chi connectivity index (χ1) is 13.2. The molecular weight excluding hydrogens is 356 g/mol.